The first-order valence-electron chi connectivity index (χ1n) is 5.98. The van der Waals surface area contributed by atoms with Gasteiger partial charge in [-0.15, -0.1) is 11.3 Å². The van der Waals surface area contributed by atoms with Crippen molar-refractivity contribution in [1.82, 2.24) is 0 Å². The van der Waals surface area contributed by atoms with Crippen LogP contribution in [0.1, 0.15) is 35.4 Å². The zero-order valence-electron chi connectivity index (χ0n) is 10.6. The third-order valence-corrected chi connectivity index (χ3v) is 3.31. The Morgan fingerprint density at radius 3 is 2.58 bits per heavy atom. The summed E-state index contributed by atoms with van der Waals surface area (Å²) in [5.41, 5.74) is 0. The molecule has 0 aromatic carbocycles. The molecule has 0 aliphatic carbocycles. The van der Waals surface area contributed by atoms with E-state index in [1.165, 1.54) is 17.4 Å². The fourth-order valence-electron chi connectivity index (χ4n) is 1.40. The highest BCUT2D eigenvalue weighted by atomic mass is 32.1. The SMILES string of the molecule is C=CCOC(=O)CCC(=O)CCC(=O)c1cccs1. The van der Waals surface area contributed by atoms with E-state index in [4.69, 9.17) is 4.74 Å². The van der Waals surface area contributed by atoms with Crippen molar-refractivity contribution < 1.29 is 19.1 Å². The van der Waals surface area contributed by atoms with E-state index in [2.05, 4.69) is 6.58 Å². The Labute approximate surface area is 116 Å². The summed E-state index contributed by atoms with van der Waals surface area (Å²) in [4.78, 5) is 35.0. The van der Waals surface area contributed by atoms with Crippen molar-refractivity contribution in [3.05, 3.63) is 35.0 Å². The smallest absolute Gasteiger partial charge is 0.306 e. The van der Waals surface area contributed by atoms with E-state index >= 15 is 0 Å². The number of carbonyl (C=O) groups is 3. The molecule has 0 atom stereocenters. The van der Waals surface area contributed by atoms with Crippen LogP contribution in [0, 0.1) is 0 Å². The molecule has 0 saturated carbocycles. The molecule has 1 aromatic rings. The Kier molecular flexibility index (Phi) is 6.74. The van der Waals surface area contributed by atoms with Crippen molar-refractivity contribution in [2.24, 2.45) is 0 Å². The van der Waals surface area contributed by atoms with Gasteiger partial charge in [0.05, 0.1) is 11.3 Å². The summed E-state index contributed by atoms with van der Waals surface area (Å²) < 4.78 is 4.75. The molecule has 4 nitrogen and oxygen atoms in total. The second-order valence-corrected chi connectivity index (χ2v) is 4.86. The molecule has 0 aliphatic heterocycles. The van der Waals surface area contributed by atoms with Gasteiger partial charge in [-0.05, 0) is 11.4 Å². The molecule has 1 heterocycles. The Morgan fingerprint density at radius 1 is 1.21 bits per heavy atom. The number of ether oxygens (including phenoxy) is 1. The van der Waals surface area contributed by atoms with Gasteiger partial charge in [-0.3, -0.25) is 14.4 Å². The van der Waals surface area contributed by atoms with E-state index in [1.54, 1.807) is 12.1 Å². The molecular weight excluding hydrogens is 264 g/mol. The second kappa shape index (κ2) is 8.37. The first-order valence-corrected chi connectivity index (χ1v) is 6.86. The monoisotopic (exact) mass is 280 g/mol. The lowest BCUT2D eigenvalue weighted by Crippen LogP contribution is -2.09. The number of thiophene rings is 1. The summed E-state index contributed by atoms with van der Waals surface area (Å²) >= 11 is 1.37. The van der Waals surface area contributed by atoms with E-state index in [0.29, 0.717) is 4.88 Å². The lowest BCUT2D eigenvalue weighted by atomic mass is 10.1. The molecule has 0 fully saturated rings. The van der Waals surface area contributed by atoms with E-state index in [-0.39, 0.29) is 43.9 Å². The van der Waals surface area contributed by atoms with Crippen molar-refractivity contribution in [3.8, 4) is 0 Å². The maximum atomic E-state index is 11.6. The molecule has 5 heteroatoms. The van der Waals surface area contributed by atoms with Gasteiger partial charge in [0.15, 0.2) is 5.78 Å². The normalized spacial score (nSPS) is 9.89. The van der Waals surface area contributed by atoms with Crippen LogP contribution in [0.25, 0.3) is 0 Å². The van der Waals surface area contributed by atoms with Crippen LogP contribution in [-0.2, 0) is 14.3 Å². The fourth-order valence-corrected chi connectivity index (χ4v) is 2.10. The first-order chi connectivity index (χ1) is 9.13. The topological polar surface area (TPSA) is 60.4 Å². The summed E-state index contributed by atoms with van der Waals surface area (Å²) in [6, 6.07) is 3.54. The van der Waals surface area contributed by atoms with Gasteiger partial charge in [0.1, 0.15) is 12.4 Å². The highest BCUT2D eigenvalue weighted by molar-refractivity contribution is 7.12. The third-order valence-electron chi connectivity index (χ3n) is 2.40. The van der Waals surface area contributed by atoms with Gasteiger partial charge in [0, 0.05) is 19.3 Å². The van der Waals surface area contributed by atoms with Crippen molar-refractivity contribution >= 4 is 28.9 Å². The van der Waals surface area contributed by atoms with Crippen molar-refractivity contribution in [2.75, 3.05) is 6.61 Å². The molecule has 0 bridgehead atoms. The number of Topliss-reactive ketones (excluding diaryl/α,β-unsaturated/α-hetero) is 2. The van der Waals surface area contributed by atoms with Crippen LogP contribution in [0.3, 0.4) is 0 Å². The molecule has 0 saturated heterocycles. The average Bonchev–Trinajstić information content (AvgIpc) is 2.94. The van der Waals surface area contributed by atoms with Crippen molar-refractivity contribution in [2.45, 2.75) is 25.7 Å². The van der Waals surface area contributed by atoms with Gasteiger partial charge in [0.25, 0.3) is 0 Å². The molecule has 0 radical (unpaired) electrons. The largest absolute Gasteiger partial charge is 0.461 e. The number of esters is 1. The Hall–Kier alpha value is -1.75. The maximum Gasteiger partial charge on any atom is 0.306 e. The number of hydrogen-bond acceptors (Lipinski definition) is 5. The number of hydrogen-bond donors (Lipinski definition) is 0. The highest BCUT2D eigenvalue weighted by Crippen LogP contribution is 2.13. The average molecular weight is 280 g/mol. The van der Waals surface area contributed by atoms with E-state index in [9.17, 15) is 14.4 Å². The van der Waals surface area contributed by atoms with Crippen LogP contribution in [0.4, 0.5) is 0 Å². The van der Waals surface area contributed by atoms with E-state index in [1.807, 2.05) is 5.38 Å². The summed E-state index contributed by atoms with van der Waals surface area (Å²) in [6.45, 7) is 3.58. The second-order valence-electron chi connectivity index (χ2n) is 3.91. The predicted molar refractivity (Wildman–Crippen MR) is 73.3 cm³/mol. The Bertz CT molecular complexity index is 448. The molecule has 102 valence electrons. The first kappa shape index (κ1) is 15.3. The minimum absolute atomic E-state index is 0.0300. The van der Waals surface area contributed by atoms with Crippen molar-refractivity contribution in [3.63, 3.8) is 0 Å². The molecule has 0 unspecified atom stereocenters. The lowest BCUT2D eigenvalue weighted by Gasteiger charge is -2.01. The number of rotatable bonds is 9. The van der Waals surface area contributed by atoms with Gasteiger partial charge in [-0.25, -0.2) is 0 Å². The summed E-state index contributed by atoms with van der Waals surface area (Å²) in [6.07, 6.45) is 2.01. The van der Waals surface area contributed by atoms with Crippen LogP contribution in [0.2, 0.25) is 0 Å². The Morgan fingerprint density at radius 2 is 1.95 bits per heavy atom. The van der Waals surface area contributed by atoms with E-state index in [0.717, 1.165) is 0 Å². The summed E-state index contributed by atoms with van der Waals surface area (Å²) in [5, 5.41) is 1.82. The van der Waals surface area contributed by atoms with E-state index < -0.39 is 5.97 Å². The molecule has 0 N–H and O–H groups in total. The summed E-state index contributed by atoms with van der Waals surface area (Å²) in [5.74, 6) is -0.545. The molecule has 0 amide bonds. The lowest BCUT2D eigenvalue weighted by molar-refractivity contribution is -0.143. The highest BCUT2D eigenvalue weighted by Gasteiger charge is 2.12. The van der Waals surface area contributed by atoms with Gasteiger partial charge >= 0.3 is 5.97 Å². The molecule has 1 aromatic heterocycles. The van der Waals surface area contributed by atoms with Gasteiger partial charge in [0.2, 0.25) is 0 Å². The molecule has 0 spiro atoms. The molecule has 0 aliphatic rings. The van der Waals surface area contributed by atoms with Gasteiger partial charge in [-0.2, -0.15) is 0 Å². The van der Waals surface area contributed by atoms with Crippen LogP contribution in [0.5, 0.6) is 0 Å². The van der Waals surface area contributed by atoms with Crippen LogP contribution < -0.4 is 0 Å². The van der Waals surface area contributed by atoms with Crippen LogP contribution in [-0.4, -0.2) is 24.1 Å². The number of ketones is 2. The van der Waals surface area contributed by atoms with Crippen LogP contribution in [0.15, 0.2) is 30.2 Å². The number of carbonyl (C=O) groups excluding carboxylic acids is 3. The minimum Gasteiger partial charge on any atom is -0.461 e. The summed E-state index contributed by atoms with van der Waals surface area (Å²) in [7, 11) is 0. The quantitative estimate of drug-likeness (QED) is 0.396. The van der Waals surface area contributed by atoms with Crippen molar-refractivity contribution in [1.29, 1.82) is 0 Å². The fraction of sp³-hybridized carbons (Fsp3) is 0.357. The predicted octanol–water partition coefficient (Wildman–Crippen LogP) is 2.79. The van der Waals surface area contributed by atoms with Gasteiger partial charge in [-0.1, -0.05) is 18.7 Å². The molecular formula is C14H16O4S. The molecule has 1 rings (SSSR count). The Balaban J connectivity index is 2.19. The minimum atomic E-state index is -0.419. The molecule has 19 heavy (non-hydrogen) atoms. The zero-order chi connectivity index (χ0) is 14.1. The zero-order valence-corrected chi connectivity index (χ0v) is 11.4. The maximum absolute atomic E-state index is 11.6. The third kappa shape index (κ3) is 6.10. The van der Waals surface area contributed by atoms with Gasteiger partial charge < -0.3 is 4.74 Å². The van der Waals surface area contributed by atoms with Crippen LogP contribution >= 0.6 is 11.3 Å². The standard InChI is InChI=1S/C14H16O4S/c1-2-9-18-14(17)8-6-11(15)5-7-12(16)13-4-3-10-19-13/h2-4,10H,1,5-9H2.